The Morgan fingerprint density at radius 2 is 2.22 bits per heavy atom. The van der Waals surface area contributed by atoms with Gasteiger partial charge < -0.3 is 19.7 Å². The van der Waals surface area contributed by atoms with Crippen molar-refractivity contribution >= 4 is 11.8 Å². The predicted molar refractivity (Wildman–Crippen MR) is 87.8 cm³/mol. The van der Waals surface area contributed by atoms with Gasteiger partial charge in [-0.1, -0.05) is 0 Å². The molecule has 1 fully saturated rings. The van der Waals surface area contributed by atoms with Crippen molar-refractivity contribution in [3.63, 3.8) is 0 Å². The predicted octanol–water partition coefficient (Wildman–Crippen LogP) is 0.108. The third kappa shape index (κ3) is 5.06. The number of aromatic nitrogens is 2. The van der Waals surface area contributed by atoms with Crippen molar-refractivity contribution in [1.82, 2.24) is 24.7 Å². The Morgan fingerprint density at radius 3 is 2.87 bits per heavy atom. The molecule has 0 radical (unpaired) electrons. The van der Waals surface area contributed by atoms with Crippen molar-refractivity contribution in [3.8, 4) is 0 Å². The minimum Gasteiger partial charge on any atom is -0.354 e. The van der Waals surface area contributed by atoms with Crippen molar-refractivity contribution in [2.75, 3.05) is 40.3 Å². The minimum atomic E-state index is -0.0984. The maximum Gasteiger partial charge on any atom is 0.224 e. The highest BCUT2D eigenvalue weighted by Gasteiger charge is 2.29. The Kier molecular flexibility index (Phi) is 6.15. The van der Waals surface area contributed by atoms with Gasteiger partial charge in [-0.25, -0.2) is 4.98 Å². The van der Waals surface area contributed by atoms with Gasteiger partial charge in [-0.15, -0.1) is 0 Å². The van der Waals surface area contributed by atoms with Gasteiger partial charge in [0.05, 0.1) is 5.92 Å². The second kappa shape index (κ2) is 8.10. The summed E-state index contributed by atoms with van der Waals surface area (Å²) in [4.78, 5) is 32.3. The van der Waals surface area contributed by atoms with Crippen molar-refractivity contribution in [2.24, 2.45) is 5.92 Å². The smallest absolute Gasteiger partial charge is 0.224 e. The van der Waals surface area contributed by atoms with E-state index in [0.29, 0.717) is 39.0 Å². The molecule has 1 aromatic heterocycles. The Balaban J connectivity index is 1.77. The third-order valence-electron chi connectivity index (χ3n) is 4.26. The number of imidazole rings is 1. The van der Waals surface area contributed by atoms with E-state index in [4.69, 9.17) is 0 Å². The molecule has 2 amide bonds. The number of nitrogens with one attached hydrogen (secondary N) is 1. The van der Waals surface area contributed by atoms with E-state index >= 15 is 0 Å². The lowest BCUT2D eigenvalue weighted by Gasteiger charge is -2.32. The second-order valence-electron chi connectivity index (χ2n) is 6.34. The topological polar surface area (TPSA) is 70.5 Å². The summed E-state index contributed by atoms with van der Waals surface area (Å²) in [6.07, 6.45) is 4.77. The molecule has 23 heavy (non-hydrogen) atoms. The number of nitrogens with zero attached hydrogens (tertiary/aromatic N) is 4. The molecule has 2 rings (SSSR count). The first-order valence-electron chi connectivity index (χ1n) is 8.15. The van der Waals surface area contributed by atoms with Gasteiger partial charge in [-0.2, -0.15) is 0 Å². The van der Waals surface area contributed by atoms with Crippen LogP contribution in [0.1, 0.15) is 18.7 Å². The summed E-state index contributed by atoms with van der Waals surface area (Å²) in [6, 6.07) is 0. The largest absolute Gasteiger partial charge is 0.354 e. The van der Waals surface area contributed by atoms with Crippen LogP contribution < -0.4 is 5.32 Å². The van der Waals surface area contributed by atoms with Crippen LogP contribution in [0.3, 0.4) is 0 Å². The highest BCUT2D eigenvalue weighted by Crippen LogP contribution is 2.17. The third-order valence-corrected chi connectivity index (χ3v) is 4.26. The molecule has 7 heteroatoms. The molecule has 7 nitrogen and oxygen atoms in total. The first-order valence-corrected chi connectivity index (χ1v) is 8.15. The van der Waals surface area contributed by atoms with E-state index in [1.54, 1.807) is 6.20 Å². The summed E-state index contributed by atoms with van der Waals surface area (Å²) in [6.45, 7) is 5.27. The average Bonchev–Trinajstić information content (AvgIpc) is 2.91. The van der Waals surface area contributed by atoms with Gasteiger partial charge in [0.2, 0.25) is 11.8 Å². The fraction of sp³-hybridized carbons (Fsp3) is 0.688. The highest BCUT2D eigenvalue weighted by molar-refractivity contribution is 5.83. The molecular formula is C16H27N5O2. The molecule has 0 spiro atoms. The van der Waals surface area contributed by atoms with Gasteiger partial charge in [-0.3, -0.25) is 9.59 Å². The zero-order chi connectivity index (χ0) is 16.8. The van der Waals surface area contributed by atoms with Crippen LogP contribution in [0, 0.1) is 12.8 Å². The second-order valence-corrected chi connectivity index (χ2v) is 6.34. The maximum atomic E-state index is 12.3. The lowest BCUT2D eigenvalue weighted by molar-refractivity contribution is -0.138. The van der Waals surface area contributed by atoms with Crippen molar-refractivity contribution in [2.45, 2.75) is 26.3 Å². The van der Waals surface area contributed by atoms with Gasteiger partial charge in [0.1, 0.15) is 5.82 Å². The number of likely N-dealkylation sites (N-methyl/N-ethyl adjacent to an activating group) is 1. The summed E-state index contributed by atoms with van der Waals surface area (Å²) < 4.78 is 2.01. The number of carbonyl (C=O) groups excluding carboxylic acids is 2. The van der Waals surface area contributed by atoms with Crippen LogP contribution in [0.2, 0.25) is 0 Å². The molecule has 1 aliphatic rings. The zero-order valence-corrected chi connectivity index (χ0v) is 14.3. The molecule has 128 valence electrons. The standard InChI is InChI=1S/C16H27N5O2/c1-13-17-6-8-20(13)9-7-18-16(23)14-4-5-15(22)21(12-14)11-10-19(2)3/h6,8,14H,4-5,7,9-12H2,1-3H3,(H,18,23). The van der Waals surface area contributed by atoms with E-state index < -0.39 is 0 Å². The van der Waals surface area contributed by atoms with Crippen molar-refractivity contribution < 1.29 is 9.59 Å². The molecule has 1 unspecified atom stereocenters. The van der Waals surface area contributed by atoms with E-state index in [2.05, 4.69) is 10.3 Å². The number of rotatable bonds is 7. The van der Waals surface area contributed by atoms with Crippen LogP contribution in [-0.2, 0) is 16.1 Å². The molecule has 0 aromatic carbocycles. The minimum absolute atomic E-state index is 0.0464. The summed E-state index contributed by atoms with van der Waals surface area (Å²) in [5.41, 5.74) is 0. The Labute approximate surface area is 137 Å². The molecular weight excluding hydrogens is 294 g/mol. The van der Waals surface area contributed by atoms with E-state index in [-0.39, 0.29) is 17.7 Å². The number of amides is 2. The number of likely N-dealkylation sites (tertiary alicyclic amines) is 1. The molecule has 1 aliphatic heterocycles. The Morgan fingerprint density at radius 1 is 1.43 bits per heavy atom. The lowest BCUT2D eigenvalue weighted by atomic mass is 9.96. The first-order chi connectivity index (χ1) is 11.0. The van der Waals surface area contributed by atoms with Gasteiger partial charge in [-0.05, 0) is 27.4 Å². The van der Waals surface area contributed by atoms with E-state index in [0.717, 1.165) is 12.4 Å². The van der Waals surface area contributed by atoms with Crippen molar-refractivity contribution in [3.05, 3.63) is 18.2 Å². The average molecular weight is 321 g/mol. The lowest BCUT2D eigenvalue weighted by Crippen LogP contribution is -2.47. The Bertz CT molecular complexity index is 540. The summed E-state index contributed by atoms with van der Waals surface area (Å²) >= 11 is 0. The molecule has 0 saturated carbocycles. The molecule has 0 aliphatic carbocycles. The van der Waals surface area contributed by atoms with Crippen LogP contribution in [0.15, 0.2) is 12.4 Å². The number of hydrogen-bond acceptors (Lipinski definition) is 4. The van der Waals surface area contributed by atoms with Crippen LogP contribution in [-0.4, -0.2) is 71.4 Å². The van der Waals surface area contributed by atoms with Crippen LogP contribution in [0.25, 0.3) is 0 Å². The molecule has 1 aromatic rings. The van der Waals surface area contributed by atoms with Crippen LogP contribution in [0.4, 0.5) is 0 Å². The number of piperidine rings is 1. The number of aryl methyl sites for hydroxylation is 1. The first kappa shape index (κ1) is 17.5. The number of carbonyl (C=O) groups is 2. The maximum absolute atomic E-state index is 12.3. The quantitative estimate of drug-likeness (QED) is 0.774. The van der Waals surface area contributed by atoms with Crippen molar-refractivity contribution in [1.29, 1.82) is 0 Å². The van der Waals surface area contributed by atoms with E-state index in [1.807, 2.05) is 41.6 Å². The summed E-state index contributed by atoms with van der Waals surface area (Å²) in [7, 11) is 3.97. The normalized spacial score (nSPS) is 18.5. The number of hydrogen-bond donors (Lipinski definition) is 1. The molecule has 2 heterocycles. The molecule has 0 bridgehead atoms. The highest BCUT2D eigenvalue weighted by atomic mass is 16.2. The molecule has 1 N–H and O–H groups in total. The van der Waals surface area contributed by atoms with E-state index in [1.165, 1.54) is 0 Å². The summed E-state index contributed by atoms with van der Waals surface area (Å²) in [5.74, 6) is 1.05. The van der Waals surface area contributed by atoms with Gasteiger partial charge in [0, 0.05) is 51.5 Å². The fourth-order valence-electron chi connectivity index (χ4n) is 2.75. The fourth-order valence-corrected chi connectivity index (χ4v) is 2.75. The van der Waals surface area contributed by atoms with E-state index in [9.17, 15) is 9.59 Å². The monoisotopic (exact) mass is 321 g/mol. The van der Waals surface area contributed by atoms with Crippen LogP contribution in [0.5, 0.6) is 0 Å². The summed E-state index contributed by atoms with van der Waals surface area (Å²) in [5, 5.41) is 2.98. The van der Waals surface area contributed by atoms with Gasteiger partial charge in [0.15, 0.2) is 0 Å². The SMILES string of the molecule is Cc1nccn1CCNC(=O)C1CCC(=O)N(CCN(C)C)C1. The molecule has 1 atom stereocenters. The van der Waals surface area contributed by atoms with Gasteiger partial charge in [0.25, 0.3) is 0 Å². The molecule has 1 saturated heterocycles. The Hall–Kier alpha value is -1.89. The van der Waals surface area contributed by atoms with Gasteiger partial charge >= 0.3 is 0 Å². The van der Waals surface area contributed by atoms with Crippen LogP contribution >= 0.6 is 0 Å². The zero-order valence-electron chi connectivity index (χ0n) is 14.3.